The molecule has 0 saturated heterocycles. The molecule has 0 unspecified atom stereocenters. The highest BCUT2D eigenvalue weighted by Crippen LogP contribution is 2.39. The highest BCUT2D eigenvalue weighted by atomic mass is 19.4. The predicted octanol–water partition coefficient (Wildman–Crippen LogP) is 5.86. The van der Waals surface area contributed by atoms with Crippen LogP contribution in [0.3, 0.4) is 0 Å². The number of fused-ring (bicyclic) bond motifs is 1. The van der Waals surface area contributed by atoms with Gasteiger partial charge in [-0.05, 0) is 36.8 Å². The second-order valence-electron chi connectivity index (χ2n) is 7.18. The smallest absolute Gasteiger partial charge is 0.337 e. The van der Waals surface area contributed by atoms with Crippen LogP contribution in [0.15, 0.2) is 40.9 Å². The maximum Gasteiger partial charge on any atom is 0.418 e. The van der Waals surface area contributed by atoms with Gasteiger partial charge in [0.05, 0.1) is 23.7 Å². The first-order valence-electron chi connectivity index (χ1n) is 9.62. The molecular formula is C22H15F5N4O. The molecule has 0 saturated carbocycles. The standard InChI is InChI=1S/C22H15F5N4O/c1-2-3-16-9-17-18(5-4-12(10-28)20(17)22(25,26)27)31(16)11-19-29-21(32-30-19)13-6-14(23)8-15(24)7-13/h4-9H,2-3,11H2,1H3. The van der Waals surface area contributed by atoms with Crippen molar-refractivity contribution in [3.8, 4) is 17.5 Å². The number of alkyl halides is 3. The van der Waals surface area contributed by atoms with Crippen molar-refractivity contribution in [2.45, 2.75) is 32.5 Å². The molecule has 164 valence electrons. The van der Waals surface area contributed by atoms with E-state index in [0.717, 1.165) is 18.2 Å². The number of hydrogen-bond acceptors (Lipinski definition) is 4. The van der Waals surface area contributed by atoms with Crippen LogP contribution in [0.5, 0.6) is 0 Å². The first kappa shape index (κ1) is 21.5. The predicted molar refractivity (Wildman–Crippen MR) is 104 cm³/mol. The second kappa shape index (κ2) is 8.07. The average Bonchev–Trinajstić information content (AvgIpc) is 3.31. The van der Waals surface area contributed by atoms with Gasteiger partial charge in [-0.2, -0.15) is 23.4 Å². The molecule has 0 bridgehead atoms. The number of nitrogens with zero attached hydrogens (tertiary/aromatic N) is 4. The summed E-state index contributed by atoms with van der Waals surface area (Å²) >= 11 is 0. The van der Waals surface area contributed by atoms with Gasteiger partial charge in [0.2, 0.25) is 0 Å². The van der Waals surface area contributed by atoms with Crippen molar-refractivity contribution in [1.82, 2.24) is 14.7 Å². The molecule has 0 N–H and O–H groups in total. The Morgan fingerprint density at radius 2 is 1.81 bits per heavy atom. The minimum absolute atomic E-state index is 0.0245. The van der Waals surface area contributed by atoms with Gasteiger partial charge < -0.3 is 9.09 Å². The zero-order chi connectivity index (χ0) is 23.0. The van der Waals surface area contributed by atoms with E-state index in [4.69, 9.17) is 9.78 Å². The lowest BCUT2D eigenvalue weighted by molar-refractivity contribution is -0.136. The molecule has 0 aliphatic carbocycles. The van der Waals surface area contributed by atoms with Crippen LogP contribution >= 0.6 is 0 Å². The van der Waals surface area contributed by atoms with E-state index in [1.165, 1.54) is 12.1 Å². The largest absolute Gasteiger partial charge is 0.418 e. The summed E-state index contributed by atoms with van der Waals surface area (Å²) in [6, 6.07) is 8.39. The molecule has 2 aromatic heterocycles. The Hall–Kier alpha value is -3.74. The Kier molecular flexibility index (Phi) is 5.42. The highest BCUT2D eigenvalue weighted by molar-refractivity contribution is 5.87. The number of nitriles is 1. The van der Waals surface area contributed by atoms with Crippen molar-refractivity contribution < 1.29 is 26.5 Å². The van der Waals surface area contributed by atoms with Crippen LogP contribution in [0.2, 0.25) is 0 Å². The van der Waals surface area contributed by atoms with Crippen LogP contribution in [0, 0.1) is 23.0 Å². The number of halogens is 5. The molecule has 0 amide bonds. The number of aromatic nitrogens is 3. The molecule has 4 aromatic rings. The molecule has 2 heterocycles. The molecule has 4 rings (SSSR count). The lowest BCUT2D eigenvalue weighted by Crippen LogP contribution is -2.09. The number of benzene rings is 2. The molecule has 32 heavy (non-hydrogen) atoms. The quantitative estimate of drug-likeness (QED) is 0.360. The second-order valence-corrected chi connectivity index (χ2v) is 7.18. The molecule has 0 spiro atoms. The van der Waals surface area contributed by atoms with E-state index >= 15 is 0 Å². The van der Waals surface area contributed by atoms with E-state index < -0.39 is 28.9 Å². The van der Waals surface area contributed by atoms with E-state index in [9.17, 15) is 22.0 Å². The summed E-state index contributed by atoms with van der Waals surface area (Å²) < 4.78 is 74.8. The van der Waals surface area contributed by atoms with Gasteiger partial charge in [-0.25, -0.2) is 8.78 Å². The van der Waals surface area contributed by atoms with Gasteiger partial charge in [-0.3, -0.25) is 0 Å². The van der Waals surface area contributed by atoms with Gasteiger partial charge >= 0.3 is 6.18 Å². The van der Waals surface area contributed by atoms with Crippen molar-refractivity contribution in [2.75, 3.05) is 0 Å². The fourth-order valence-corrected chi connectivity index (χ4v) is 3.69. The Labute approximate surface area is 178 Å². The zero-order valence-corrected chi connectivity index (χ0v) is 16.7. The Bertz CT molecular complexity index is 1330. The van der Waals surface area contributed by atoms with Crippen LogP contribution in [0.1, 0.15) is 36.0 Å². The van der Waals surface area contributed by atoms with E-state index in [2.05, 4.69) is 10.1 Å². The Balaban J connectivity index is 1.80. The highest BCUT2D eigenvalue weighted by Gasteiger charge is 2.36. The summed E-state index contributed by atoms with van der Waals surface area (Å²) in [5.41, 5.74) is -0.530. The molecule has 10 heteroatoms. The molecule has 2 aromatic carbocycles. The third kappa shape index (κ3) is 3.93. The summed E-state index contributed by atoms with van der Waals surface area (Å²) in [5, 5.41) is 12.9. The monoisotopic (exact) mass is 446 g/mol. The van der Waals surface area contributed by atoms with Crippen molar-refractivity contribution in [3.63, 3.8) is 0 Å². The Morgan fingerprint density at radius 3 is 2.44 bits per heavy atom. The molecule has 0 fully saturated rings. The maximum absolute atomic E-state index is 13.7. The normalized spacial score (nSPS) is 11.8. The Morgan fingerprint density at radius 1 is 1.09 bits per heavy atom. The van der Waals surface area contributed by atoms with Crippen LogP contribution < -0.4 is 0 Å². The maximum atomic E-state index is 13.7. The molecule has 5 nitrogen and oxygen atoms in total. The number of hydrogen-bond donors (Lipinski definition) is 0. The first-order chi connectivity index (χ1) is 15.2. The summed E-state index contributed by atoms with van der Waals surface area (Å²) in [6.45, 7) is 1.86. The number of rotatable bonds is 5. The van der Waals surface area contributed by atoms with Gasteiger partial charge in [0.1, 0.15) is 11.6 Å². The summed E-state index contributed by atoms with van der Waals surface area (Å²) in [6.07, 6.45) is -3.56. The van der Waals surface area contributed by atoms with E-state index in [1.54, 1.807) is 10.6 Å². The summed E-state index contributed by atoms with van der Waals surface area (Å²) in [7, 11) is 0. The van der Waals surface area contributed by atoms with Crippen molar-refractivity contribution in [3.05, 3.63) is 70.7 Å². The topological polar surface area (TPSA) is 67.6 Å². The van der Waals surface area contributed by atoms with Gasteiger partial charge in [-0.15, -0.1) is 0 Å². The molecule has 0 radical (unpaired) electrons. The summed E-state index contributed by atoms with van der Waals surface area (Å²) in [5.74, 6) is -1.61. The van der Waals surface area contributed by atoms with Gasteiger partial charge in [0.25, 0.3) is 5.89 Å². The zero-order valence-electron chi connectivity index (χ0n) is 16.7. The van der Waals surface area contributed by atoms with Crippen molar-refractivity contribution in [2.24, 2.45) is 0 Å². The van der Waals surface area contributed by atoms with E-state index in [0.29, 0.717) is 24.6 Å². The first-order valence-corrected chi connectivity index (χ1v) is 9.62. The minimum atomic E-state index is -4.71. The summed E-state index contributed by atoms with van der Waals surface area (Å²) in [4.78, 5) is 4.14. The fourth-order valence-electron chi connectivity index (χ4n) is 3.69. The minimum Gasteiger partial charge on any atom is -0.337 e. The third-order valence-electron chi connectivity index (χ3n) is 4.96. The van der Waals surface area contributed by atoms with Crippen molar-refractivity contribution in [1.29, 1.82) is 5.26 Å². The average molecular weight is 446 g/mol. The van der Waals surface area contributed by atoms with Crippen LogP contribution in [-0.2, 0) is 19.1 Å². The van der Waals surface area contributed by atoms with E-state index in [1.807, 2.05) is 6.92 Å². The van der Waals surface area contributed by atoms with Crippen LogP contribution in [-0.4, -0.2) is 14.7 Å². The van der Waals surface area contributed by atoms with Crippen LogP contribution in [0.4, 0.5) is 22.0 Å². The SMILES string of the molecule is CCCc1cc2c(C(F)(F)F)c(C#N)ccc2n1Cc1noc(-c2cc(F)cc(F)c2)n1. The van der Waals surface area contributed by atoms with Gasteiger partial charge in [0.15, 0.2) is 5.82 Å². The lowest BCUT2D eigenvalue weighted by atomic mass is 10.0. The van der Waals surface area contributed by atoms with Crippen LogP contribution in [0.25, 0.3) is 22.4 Å². The molecule has 0 atom stereocenters. The third-order valence-corrected chi connectivity index (χ3v) is 4.96. The molecule has 0 aliphatic rings. The lowest BCUT2D eigenvalue weighted by Gasteiger charge is -2.11. The van der Waals surface area contributed by atoms with Crippen molar-refractivity contribution >= 4 is 10.9 Å². The number of aryl methyl sites for hydroxylation is 1. The van der Waals surface area contributed by atoms with E-state index in [-0.39, 0.29) is 34.7 Å². The van der Waals surface area contributed by atoms with Gasteiger partial charge in [0, 0.05) is 28.2 Å². The van der Waals surface area contributed by atoms with Gasteiger partial charge in [-0.1, -0.05) is 18.5 Å². The molecule has 0 aliphatic heterocycles. The fraction of sp³-hybridized carbons (Fsp3) is 0.227. The molecular weight excluding hydrogens is 431 g/mol.